The van der Waals surface area contributed by atoms with E-state index in [0.29, 0.717) is 23.0 Å². The van der Waals surface area contributed by atoms with Crippen molar-refractivity contribution < 1.29 is 9.63 Å². The number of aromatic hydroxyl groups is 1. The molecule has 2 aromatic heterocycles. The smallest absolute Gasteiger partial charge is 0.258 e. The molecule has 0 aliphatic heterocycles. The summed E-state index contributed by atoms with van der Waals surface area (Å²) in [4.78, 5) is 12.1. The summed E-state index contributed by atoms with van der Waals surface area (Å²) in [5.41, 5.74) is 1.24. The number of rotatable bonds is 2. The van der Waals surface area contributed by atoms with Crippen LogP contribution in [0.4, 0.5) is 0 Å². The van der Waals surface area contributed by atoms with Gasteiger partial charge in [-0.15, -0.1) is 0 Å². The van der Waals surface area contributed by atoms with Crippen LogP contribution in [0.25, 0.3) is 23.0 Å². The lowest BCUT2D eigenvalue weighted by Crippen LogP contribution is -1.85. The molecule has 0 aliphatic rings. The van der Waals surface area contributed by atoms with Gasteiger partial charge >= 0.3 is 0 Å². The molecule has 1 N–H and O–H groups in total. The quantitative estimate of drug-likeness (QED) is 0.736. The van der Waals surface area contributed by atoms with Gasteiger partial charge in [-0.2, -0.15) is 4.98 Å². The standard InChI is InChI=1S/C12H8N4O2/c17-9-3-1-2-8(6-9)12-15-11(16-18-12)10-4-5-13-7-14-10/h1-7,17H. The Morgan fingerprint density at radius 1 is 1.17 bits per heavy atom. The Balaban J connectivity index is 2.00. The fourth-order valence-electron chi connectivity index (χ4n) is 1.51. The molecule has 1 aromatic carbocycles. The number of nitrogens with zero attached hydrogens (tertiary/aromatic N) is 4. The van der Waals surface area contributed by atoms with Gasteiger partial charge in [-0.1, -0.05) is 11.2 Å². The summed E-state index contributed by atoms with van der Waals surface area (Å²) in [6, 6.07) is 8.30. The van der Waals surface area contributed by atoms with Crippen molar-refractivity contribution in [1.29, 1.82) is 0 Å². The van der Waals surface area contributed by atoms with Gasteiger partial charge in [0.15, 0.2) is 0 Å². The molecule has 0 spiro atoms. The highest BCUT2D eigenvalue weighted by Crippen LogP contribution is 2.23. The summed E-state index contributed by atoms with van der Waals surface area (Å²) in [5.74, 6) is 0.865. The van der Waals surface area contributed by atoms with Crippen LogP contribution in [0.3, 0.4) is 0 Å². The van der Waals surface area contributed by atoms with Crippen molar-refractivity contribution in [2.75, 3.05) is 0 Å². The monoisotopic (exact) mass is 240 g/mol. The van der Waals surface area contributed by atoms with E-state index in [0.717, 1.165) is 0 Å². The number of phenols is 1. The number of aromatic nitrogens is 4. The molecule has 3 aromatic rings. The van der Waals surface area contributed by atoms with Crippen molar-refractivity contribution in [2.45, 2.75) is 0 Å². The molecular formula is C12H8N4O2. The minimum absolute atomic E-state index is 0.147. The van der Waals surface area contributed by atoms with E-state index in [4.69, 9.17) is 4.52 Å². The Hall–Kier alpha value is -2.76. The summed E-state index contributed by atoms with van der Waals surface area (Å²) in [6.07, 6.45) is 3.02. The molecule has 0 bridgehead atoms. The van der Waals surface area contributed by atoms with Gasteiger partial charge in [0.1, 0.15) is 17.8 Å². The highest BCUT2D eigenvalue weighted by Gasteiger charge is 2.11. The van der Waals surface area contributed by atoms with Crippen LogP contribution in [-0.2, 0) is 0 Å². The van der Waals surface area contributed by atoms with Crippen LogP contribution in [0, 0.1) is 0 Å². The zero-order valence-corrected chi connectivity index (χ0v) is 9.19. The number of phenolic OH excluding ortho intramolecular Hbond substituents is 1. The second-order valence-electron chi connectivity index (χ2n) is 3.57. The second-order valence-corrected chi connectivity index (χ2v) is 3.57. The number of hydrogen-bond acceptors (Lipinski definition) is 6. The van der Waals surface area contributed by atoms with E-state index in [-0.39, 0.29) is 5.75 Å². The summed E-state index contributed by atoms with van der Waals surface area (Å²) in [7, 11) is 0. The molecule has 0 aliphatic carbocycles. The van der Waals surface area contributed by atoms with Crippen molar-refractivity contribution in [1.82, 2.24) is 20.1 Å². The van der Waals surface area contributed by atoms with E-state index in [2.05, 4.69) is 20.1 Å². The van der Waals surface area contributed by atoms with Crippen molar-refractivity contribution in [3.05, 3.63) is 42.9 Å². The molecule has 0 atom stereocenters. The highest BCUT2D eigenvalue weighted by molar-refractivity contribution is 5.58. The van der Waals surface area contributed by atoms with Crippen LogP contribution in [-0.4, -0.2) is 25.2 Å². The summed E-state index contributed by atoms with van der Waals surface area (Å²) in [5, 5.41) is 13.2. The first-order valence-corrected chi connectivity index (χ1v) is 5.22. The third-order valence-electron chi connectivity index (χ3n) is 2.33. The van der Waals surface area contributed by atoms with Crippen molar-refractivity contribution in [2.24, 2.45) is 0 Å². The van der Waals surface area contributed by atoms with Crippen molar-refractivity contribution in [3.63, 3.8) is 0 Å². The first-order chi connectivity index (χ1) is 8.83. The van der Waals surface area contributed by atoms with Crippen molar-refractivity contribution >= 4 is 0 Å². The Bertz CT molecular complexity index is 667. The predicted molar refractivity (Wildman–Crippen MR) is 62.4 cm³/mol. The molecule has 2 heterocycles. The minimum Gasteiger partial charge on any atom is -0.508 e. The van der Waals surface area contributed by atoms with Crippen molar-refractivity contribution in [3.8, 4) is 28.7 Å². The maximum Gasteiger partial charge on any atom is 0.258 e. The fraction of sp³-hybridized carbons (Fsp3) is 0. The van der Waals surface area contributed by atoms with Gasteiger partial charge in [-0.3, -0.25) is 0 Å². The first kappa shape index (κ1) is 10.4. The van der Waals surface area contributed by atoms with Crippen LogP contribution in [0.2, 0.25) is 0 Å². The zero-order valence-electron chi connectivity index (χ0n) is 9.19. The van der Waals surface area contributed by atoms with E-state index >= 15 is 0 Å². The highest BCUT2D eigenvalue weighted by atomic mass is 16.5. The van der Waals surface area contributed by atoms with Crippen LogP contribution < -0.4 is 0 Å². The molecule has 0 radical (unpaired) electrons. The number of benzene rings is 1. The largest absolute Gasteiger partial charge is 0.508 e. The maximum absolute atomic E-state index is 9.39. The Labute approximate surface area is 102 Å². The molecule has 0 unspecified atom stereocenters. The van der Waals surface area contributed by atoms with E-state index in [1.807, 2.05) is 0 Å². The lowest BCUT2D eigenvalue weighted by molar-refractivity contribution is 0.431. The van der Waals surface area contributed by atoms with Crippen LogP contribution in [0.1, 0.15) is 0 Å². The summed E-state index contributed by atoms with van der Waals surface area (Å²) >= 11 is 0. The average molecular weight is 240 g/mol. The molecular weight excluding hydrogens is 232 g/mol. The third-order valence-corrected chi connectivity index (χ3v) is 2.33. The van der Waals surface area contributed by atoms with Gasteiger partial charge in [-0.05, 0) is 24.3 Å². The van der Waals surface area contributed by atoms with Crippen LogP contribution in [0.5, 0.6) is 5.75 Å². The zero-order chi connectivity index (χ0) is 12.4. The maximum atomic E-state index is 9.39. The van der Waals surface area contributed by atoms with E-state index in [1.165, 1.54) is 6.33 Å². The molecule has 88 valence electrons. The Kier molecular flexibility index (Phi) is 2.45. The van der Waals surface area contributed by atoms with Gasteiger partial charge in [-0.25, -0.2) is 9.97 Å². The second kappa shape index (κ2) is 4.25. The molecule has 6 heteroatoms. The summed E-state index contributed by atoms with van der Waals surface area (Å²) in [6.45, 7) is 0. The van der Waals surface area contributed by atoms with Gasteiger partial charge in [0.05, 0.1) is 0 Å². The minimum atomic E-state index is 0.147. The topological polar surface area (TPSA) is 84.9 Å². The lowest BCUT2D eigenvalue weighted by Gasteiger charge is -1.94. The lowest BCUT2D eigenvalue weighted by atomic mass is 10.2. The van der Waals surface area contributed by atoms with Gasteiger partial charge in [0.2, 0.25) is 5.82 Å². The molecule has 0 amide bonds. The molecule has 3 rings (SSSR count). The Morgan fingerprint density at radius 3 is 2.89 bits per heavy atom. The number of hydrogen-bond donors (Lipinski definition) is 1. The fourth-order valence-corrected chi connectivity index (χ4v) is 1.51. The normalized spacial score (nSPS) is 10.4. The molecule has 0 saturated carbocycles. The summed E-state index contributed by atoms with van der Waals surface area (Å²) < 4.78 is 5.13. The van der Waals surface area contributed by atoms with Crippen LogP contribution in [0.15, 0.2) is 47.4 Å². The Morgan fingerprint density at radius 2 is 2.11 bits per heavy atom. The molecule has 0 saturated heterocycles. The van der Waals surface area contributed by atoms with Gasteiger partial charge < -0.3 is 9.63 Å². The van der Waals surface area contributed by atoms with Gasteiger partial charge in [0, 0.05) is 11.8 Å². The van der Waals surface area contributed by atoms with E-state index < -0.39 is 0 Å². The molecule has 18 heavy (non-hydrogen) atoms. The molecule has 6 nitrogen and oxygen atoms in total. The first-order valence-electron chi connectivity index (χ1n) is 5.22. The van der Waals surface area contributed by atoms with Crippen LogP contribution >= 0.6 is 0 Å². The van der Waals surface area contributed by atoms with Gasteiger partial charge in [0.25, 0.3) is 5.89 Å². The molecule has 0 fully saturated rings. The van der Waals surface area contributed by atoms with E-state index in [9.17, 15) is 5.11 Å². The average Bonchev–Trinajstić information content (AvgIpc) is 2.89. The SMILES string of the molecule is Oc1cccc(-c2nc(-c3ccncn3)no2)c1. The predicted octanol–water partition coefficient (Wildman–Crippen LogP) is 1.90. The third kappa shape index (κ3) is 1.91. The van der Waals surface area contributed by atoms with E-state index in [1.54, 1.807) is 36.5 Å².